The second-order valence-electron chi connectivity index (χ2n) is 7.72. The van der Waals surface area contributed by atoms with Gasteiger partial charge in [-0.15, -0.1) is 11.3 Å². The average molecular weight is 459 g/mol. The zero-order chi connectivity index (χ0) is 22.9. The van der Waals surface area contributed by atoms with Crippen LogP contribution in [0.3, 0.4) is 0 Å². The van der Waals surface area contributed by atoms with Gasteiger partial charge in [0.1, 0.15) is 10.6 Å². The van der Waals surface area contributed by atoms with E-state index in [9.17, 15) is 9.59 Å². The summed E-state index contributed by atoms with van der Waals surface area (Å²) in [6.45, 7) is 0.628. The number of rotatable bonds is 6. The van der Waals surface area contributed by atoms with Gasteiger partial charge >= 0.3 is 0 Å². The van der Waals surface area contributed by atoms with Crippen LogP contribution >= 0.6 is 11.3 Å². The summed E-state index contributed by atoms with van der Waals surface area (Å²) in [5.74, 6) is 0.263. The van der Waals surface area contributed by atoms with E-state index in [1.165, 1.54) is 43.4 Å². The van der Waals surface area contributed by atoms with Gasteiger partial charge in [-0.05, 0) is 35.9 Å². The number of nitrogens with zero attached hydrogens (tertiary/aromatic N) is 1. The van der Waals surface area contributed by atoms with Gasteiger partial charge in [0.25, 0.3) is 11.5 Å². The van der Waals surface area contributed by atoms with Crippen molar-refractivity contribution in [1.82, 2.24) is 15.3 Å². The number of aromatic nitrogens is 2. The summed E-state index contributed by atoms with van der Waals surface area (Å²) in [6.07, 6.45) is 6.66. The number of methoxy groups -OCH3 is 2. The molecule has 0 bridgehead atoms. The van der Waals surface area contributed by atoms with Crippen molar-refractivity contribution in [1.29, 1.82) is 0 Å². The molecule has 3 aromatic rings. The van der Waals surface area contributed by atoms with Gasteiger partial charge in [-0.25, -0.2) is 4.98 Å². The van der Waals surface area contributed by atoms with E-state index in [4.69, 9.17) is 15.2 Å². The molecule has 1 fully saturated rings. The Hall–Kier alpha value is -2.75. The number of hydrogen-bond acceptors (Lipinski definition) is 7. The molecule has 0 aliphatic heterocycles. The fourth-order valence-corrected chi connectivity index (χ4v) is 4.48. The first-order valence-electron chi connectivity index (χ1n) is 10.7. The lowest BCUT2D eigenvalue weighted by Gasteiger charge is -2.15. The molecule has 172 valence electrons. The molecule has 1 saturated carbocycles. The van der Waals surface area contributed by atoms with E-state index in [0.29, 0.717) is 35.2 Å². The van der Waals surface area contributed by atoms with Crippen molar-refractivity contribution >= 4 is 27.5 Å². The zero-order valence-corrected chi connectivity index (χ0v) is 19.3. The van der Waals surface area contributed by atoms with Gasteiger partial charge in [-0.3, -0.25) is 9.59 Å². The molecule has 1 aliphatic carbocycles. The lowest BCUT2D eigenvalue weighted by Crippen LogP contribution is -2.27. The van der Waals surface area contributed by atoms with Crippen LogP contribution in [0.15, 0.2) is 34.4 Å². The molecule has 0 radical (unpaired) electrons. The Kier molecular flexibility index (Phi) is 8.78. The number of amides is 1. The first kappa shape index (κ1) is 23.9. The topological polar surface area (TPSA) is 119 Å². The molecular weight excluding hydrogens is 428 g/mol. The number of benzene rings is 1. The predicted octanol–water partition coefficient (Wildman–Crippen LogP) is 3.35. The summed E-state index contributed by atoms with van der Waals surface area (Å²) in [4.78, 5) is 31.9. The average Bonchev–Trinajstić information content (AvgIpc) is 3.22. The minimum absolute atomic E-state index is 0.00814. The third kappa shape index (κ3) is 6.38. The Morgan fingerprint density at radius 1 is 1.28 bits per heavy atom. The van der Waals surface area contributed by atoms with Crippen LogP contribution in [-0.4, -0.2) is 36.1 Å². The molecule has 1 amide bonds. The van der Waals surface area contributed by atoms with Crippen molar-refractivity contribution in [3.05, 3.63) is 57.0 Å². The second-order valence-corrected chi connectivity index (χ2v) is 8.58. The monoisotopic (exact) mass is 458 g/mol. The lowest BCUT2D eigenvalue weighted by molar-refractivity contribution is 0.0940. The Morgan fingerprint density at radius 2 is 2.06 bits per heavy atom. The smallest absolute Gasteiger partial charge is 0.287 e. The SMILES string of the molecule is COCc1csc2nc(C(=O)NCc3cccc(OC)c3)[nH]c(=O)c12.NC1CCCCC1. The summed E-state index contributed by atoms with van der Waals surface area (Å²) in [5, 5.41) is 5.03. The summed E-state index contributed by atoms with van der Waals surface area (Å²) >= 11 is 1.31. The maximum Gasteiger partial charge on any atom is 0.287 e. The Bertz CT molecular complexity index is 1090. The van der Waals surface area contributed by atoms with Crippen LogP contribution in [0.4, 0.5) is 0 Å². The van der Waals surface area contributed by atoms with E-state index < -0.39 is 5.91 Å². The highest BCUT2D eigenvalue weighted by atomic mass is 32.1. The van der Waals surface area contributed by atoms with Crippen LogP contribution in [0.5, 0.6) is 5.75 Å². The summed E-state index contributed by atoms with van der Waals surface area (Å²) < 4.78 is 10.2. The van der Waals surface area contributed by atoms with E-state index in [1.54, 1.807) is 14.2 Å². The van der Waals surface area contributed by atoms with Gasteiger partial charge in [0, 0.05) is 25.3 Å². The largest absolute Gasteiger partial charge is 0.497 e. The molecule has 0 spiro atoms. The van der Waals surface area contributed by atoms with Crippen molar-refractivity contribution in [3.63, 3.8) is 0 Å². The van der Waals surface area contributed by atoms with Crippen molar-refractivity contribution in [2.24, 2.45) is 5.73 Å². The van der Waals surface area contributed by atoms with Crippen molar-refractivity contribution in [2.75, 3.05) is 14.2 Å². The second kappa shape index (κ2) is 11.8. The number of carbonyl (C=O) groups excluding carboxylic acids is 1. The predicted molar refractivity (Wildman–Crippen MR) is 126 cm³/mol. The first-order valence-corrected chi connectivity index (χ1v) is 11.6. The van der Waals surface area contributed by atoms with Crippen molar-refractivity contribution < 1.29 is 14.3 Å². The van der Waals surface area contributed by atoms with Gasteiger partial charge in [-0.2, -0.15) is 0 Å². The van der Waals surface area contributed by atoms with Gasteiger partial charge < -0.3 is 25.5 Å². The third-order valence-electron chi connectivity index (χ3n) is 5.27. The van der Waals surface area contributed by atoms with E-state index >= 15 is 0 Å². The highest BCUT2D eigenvalue weighted by Crippen LogP contribution is 2.21. The molecule has 0 saturated heterocycles. The minimum atomic E-state index is -0.441. The molecule has 9 heteroatoms. The van der Waals surface area contributed by atoms with E-state index in [2.05, 4.69) is 15.3 Å². The number of hydrogen-bond donors (Lipinski definition) is 3. The minimum Gasteiger partial charge on any atom is -0.497 e. The third-order valence-corrected chi connectivity index (χ3v) is 6.19. The molecule has 32 heavy (non-hydrogen) atoms. The Balaban J connectivity index is 0.000000352. The fourth-order valence-electron chi connectivity index (χ4n) is 3.56. The van der Waals surface area contributed by atoms with Crippen molar-refractivity contribution in [2.45, 2.75) is 51.3 Å². The summed E-state index contributed by atoms with van der Waals surface area (Å²) in [7, 11) is 3.14. The molecule has 0 atom stereocenters. The maximum absolute atomic E-state index is 12.3. The van der Waals surface area contributed by atoms with Crippen LogP contribution in [0.25, 0.3) is 10.2 Å². The fraction of sp³-hybridized carbons (Fsp3) is 0.435. The van der Waals surface area contributed by atoms with E-state index in [1.807, 2.05) is 29.6 Å². The van der Waals surface area contributed by atoms with Gasteiger partial charge in [0.05, 0.1) is 19.1 Å². The first-order chi connectivity index (χ1) is 15.5. The number of ether oxygens (including phenoxy) is 2. The molecule has 0 unspecified atom stereocenters. The van der Waals surface area contributed by atoms with Gasteiger partial charge in [0.2, 0.25) is 5.82 Å². The van der Waals surface area contributed by atoms with E-state index in [-0.39, 0.29) is 11.4 Å². The molecule has 4 N–H and O–H groups in total. The van der Waals surface area contributed by atoms with E-state index in [0.717, 1.165) is 11.1 Å². The highest BCUT2D eigenvalue weighted by Gasteiger charge is 2.15. The Morgan fingerprint density at radius 3 is 2.72 bits per heavy atom. The van der Waals surface area contributed by atoms with Crippen LogP contribution in [0.2, 0.25) is 0 Å². The van der Waals surface area contributed by atoms with Crippen LogP contribution in [-0.2, 0) is 17.9 Å². The molecule has 4 rings (SSSR count). The molecular formula is C23H30N4O4S. The van der Waals surface area contributed by atoms with Gasteiger partial charge in [0.15, 0.2) is 0 Å². The normalized spacial score (nSPS) is 14.0. The quantitative estimate of drug-likeness (QED) is 0.521. The molecule has 2 heterocycles. The number of nitrogens with two attached hydrogens (primary N) is 1. The maximum atomic E-state index is 12.3. The summed E-state index contributed by atoms with van der Waals surface area (Å²) in [5.41, 5.74) is 6.94. The van der Waals surface area contributed by atoms with Crippen LogP contribution in [0, 0.1) is 0 Å². The number of nitrogens with one attached hydrogen (secondary N) is 2. The standard InChI is InChI=1S/C17H17N3O4S.C6H13N/c1-23-8-11-9-25-17-13(11)15(21)19-14(20-17)16(22)18-7-10-4-3-5-12(6-10)24-2;7-6-4-2-1-3-5-6/h3-6,9H,7-8H2,1-2H3,(H,18,22)(H,19,20,21);6H,1-5,7H2. The summed E-state index contributed by atoms with van der Waals surface area (Å²) in [6, 6.07) is 7.91. The van der Waals surface area contributed by atoms with Crippen LogP contribution in [0.1, 0.15) is 53.8 Å². The number of fused-ring (bicyclic) bond motifs is 1. The van der Waals surface area contributed by atoms with Gasteiger partial charge in [-0.1, -0.05) is 31.4 Å². The molecule has 8 nitrogen and oxygen atoms in total. The van der Waals surface area contributed by atoms with Crippen molar-refractivity contribution in [3.8, 4) is 5.75 Å². The Labute approximate surface area is 191 Å². The van der Waals surface area contributed by atoms with Crippen LogP contribution < -0.4 is 21.3 Å². The number of thiophene rings is 1. The zero-order valence-electron chi connectivity index (χ0n) is 18.5. The highest BCUT2D eigenvalue weighted by molar-refractivity contribution is 7.16. The number of carbonyl (C=O) groups is 1. The number of aromatic amines is 1. The molecule has 2 aromatic heterocycles. The molecule has 1 aliphatic rings. The lowest BCUT2D eigenvalue weighted by atomic mass is 9.97. The molecule has 1 aromatic carbocycles. The number of H-pyrrole nitrogens is 1.